The lowest BCUT2D eigenvalue weighted by atomic mass is 9.97. The highest BCUT2D eigenvalue weighted by molar-refractivity contribution is 5.31. The highest BCUT2D eigenvalue weighted by Gasteiger charge is 2.10. The van der Waals surface area contributed by atoms with Gasteiger partial charge in [-0.1, -0.05) is 30.7 Å². The molecule has 3 nitrogen and oxygen atoms in total. The fourth-order valence-corrected chi connectivity index (χ4v) is 2.38. The number of aryl methyl sites for hydroxylation is 2. The number of hydrogen-bond acceptors (Lipinski definition) is 3. The van der Waals surface area contributed by atoms with E-state index in [9.17, 15) is 0 Å². The Balaban J connectivity index is 2.50. The van der Waals surface area contributed by atoms with Crippen LogP contribution in [-0.2, 0) is 15.9 Å². The second-order valence-corrected chi connectivity index (χ2v) is 5.68. The average Bonchev–Trinajstić information content (AvgIpc) is 2.47. The average molecular weight is 293 g/mol. The van der Waals surface area contributed by atoms with Crippen LogP contribution in [0.15, 0.2) is 18.2 Å². The SMILES string of the molecule is CCCNC(CCOCCOC)Cc1cc(C)ccc1C. The molecule has 0 saturated heterocycles. The fourth-order valence-electron chi connectivity index (χ4n) is 2.38. The predicted molar refractivity (Wildman–Crippen MR) is 89.0 cm³/mol. The van der Waals surface area contributed by atoms with Crippen molar-refractivity contribution >= 4 is 0 Å². The molecule has 3 heteroatoms. The number of benzene rings is 1. The van der Waals surface area contributed by atoms with Gasteiger partial charge in [0.05, 0.1) is 13.2 Å². The van der Waals surface area contributed by atoms with Gasteiger partial charge in [0.15, 0.2) is 0 Å². The Bertz CT molecular complexity index is 393. The summed E-state index contributed by atoms with van der Waals surface area (Å²) in [6, 6.07) is 7.19. The molecule has 1 aromatic rings. The standard InChI is InChI=1S/C18H31NO2/c1-5-9-19-18(8-10-21-12-11-20-4)14-17-13-15(2)6-7-16(17)3/h6-7,13,18-19H,5,8-12,14H2,1-4H3. The quantitative estimate of drug-likeness (QED) is 0.635. The predicted octanol–water partition coefficient (Wildman–Crippen LogP) is 3.27. The van der Waals surface area contributed by atoms with Crippen LogP contribution in [0, 0.1) is 13.8 Å². The molecule has 0 spiro atoms. The van der Waals surface area contributed by atoms with Crippen LogP contribution in [0.2, 0.25) is 0 Å². The van der Waals surface area contributed by atoms with Gasteiger partial charge in [-0.15, -0.1) is 0 Å². The Hall–Kier alpha value is -0.900. The van der Waals surface area contributed by atoms with Crippen molar-refractivity contribution < 1.29 is 9.47 Å². The Morgan fingerprint density at radius 3 is 2.67 bits per heavy atom. The van der Waals surface area contributed by atoms with Gasteiger partial charge in [0.2, 0.25) is 0 Å². The first kappa shape index (κ1) is 18.1. The number of nitrogens with one attached hydrogen (secondary N) is 1. The normalized spacial score (nSPS) is 12.6. The lowest BCUT2D eigenvalue weighted by Crippen LogP contribution is -2.33. The van der Waals surface area contributed by atoms with Gasteiger partial charge in [-0.2, -0.15) is 0 Å². The first-order valence-corrected chi connectivity index (χ1v) is 8.03. The van der Waals surface area contributed by atoms with Crippen LogP contribution in [0.25, 0.3) is 0 Å². The van der Waals surface area contributed by atoms with Gasteiger partial charge in [-0.05, 0) is 50.8 Å². The van der Waals surface area contributed by atoms with E-state index in [4.69, 9.17) is 9.47 Å². The van der Waals surface area contributed by atoms with Crippen molar-refractivity contribution in [3.05, 3.63) is 34.9 Å². The summed E-state index contributed by atoms with van der Waals surface area (Å²) in [5.74, 6) is 0. The molecular weight excluding hydrogens is 262 g/mol. The molecule has 1 rings (SSSR count). The maximum atomic E-state index is 5.61. The van der Waals surface area contributed by atoms with Gasteiger partial charge >= 0.3 is 0 Å². The van der Waals surface area contributed by atoms with Crippen molar-refractivity contribution in [2.45, 2.75) is 46.1 Å². The van der Waals surface area contributed by atoms with Crippen molar-refractivity contribution in [1.82, 2.24) is 5.32 Å². The lowest BCUT2D eigenvalue weighted by Gasteiger charge is -2.20. The van der Waals surface area contributed by atoms with Crippen LogP contribution < -0.4 is 5.32 Å². The summed E-state index contributed by atoms with van der Waals surface area (Å²) < 4.78 is 10.6. The van der Waals surface area contributed by atoms with E-state index < -0.39 is 0 Å². The molecule has 120 valence electrons. The molecule has 1 N–H and O–H groups in total. The summed E-state index contributed by atoms with van der Waals surface area (Å²) >= 11 is 0. The molecule has 1 aromatic carbocycles. The third-order valence-corrected chi connectivity index (χ3v) is 3.70. The van der Waals surface area contributed by atoms with Crippen LogP contribution >= 0.6 is 0 Å². The van der Waals surface area contributed by atoms with E-state index >= 15 is 0 Å². The molecule has 0 aliphatic rings. The van der Waals surface area contributed by atoms with Crippen molar-refractivity contribution in [2.24, 2.45) is 0 Å². The second-order valence-electron chi connectivity index (χ2n) is 5.68. The molecule has 0 heterocycles. The highest BCUT2D eigenvalue weighted by Crippen LogP contribution is 2.14. The minimum Gasteiger partial charge on any atom is -0.382 e. The third kappa shape index (κ3) is 7.60. The molecule has 0 bridgehead atoms. The van der Waals surface area contributed by atoms with Crippen LogP contribution in [0.4, 0.5) is 0 Å². The molecule has 0 saturated carbocycles. The van der Waals surface area contributed by atoms with Gasteiger partial charge < -0.3 is 14.8 Å². The first-order valence-electron chi connectivity index (χ1n) is 8.03. The Kier molecular flexibility index (Phi) is 9.31. The Morgan fingerprint density at radius 1 is 1.14 bits per heavy atom. The summed E-state index contributed by atoms with van der Waals surface area (Å²) in [6.45, 7) is 9.76. The maximum Gasteiger partial charge on any atom is 0.0700 e. The van der Waals surface area contributed by atoms with E-state index in [0.29, 0.717) is 19.3 Å². The second kappa shape index (κ2) is 10.8. The Labute approximate surface area is 130 Å². The summed E-state index contributed by atoms with van der Waals surface area (Å²) in [5, 5.41) is 3.64. The minimum absolute atomic E-state index is 0.480. The maximum absolute atomic E-state index is 5.61. The molecule has 0 aliphatic carbocycles. The van der Waals surface area contributed by atoms with Gasteiger partial charge in [0.25, 0.3) is 0 Å². The molecule has 1 atom stereocenters. The smallest absolute Gasteiger partial charge is 0.0700 e. The number of hydrogen-bond donors (Lipinski definition) is 1. The summed E-state index contributed by atoms with van der Waals surface area (Å²) in [5.41, 5.74) is 4.16. The van der Waals surface area contributed by atoms with Crippen molar-refractivity contribution in [1.29, 1.82) is 0 Å². The summed E-state index contributed by atoms with van der Waals surface area (Å²) in [7, 11) is 1.70. The highest BCUT2D eigenvalue weighted by atomic mass is 16.5. The van der Waals surface area contributed by atoms with Gasteiger partial charge in [-0.25, -0.2) is 0 Å². The van der Waals surface area contributed by atoms with E-state index in [1.54, 1.807) is 7.11 Å². The zero-order valence-electron chi connectivity index (χ0n) is 14.1. The molecule has 0 radical (unpaired) electrons. The van der Waals surface area contributed by atoms with Gasteiger partial charge in [0, 0.05) is 19.8 Å². The van der Waals surface area contributed by atoms with E-state index in [2.05, 4.69) is 44.3 Å². The number of ether oxygens (including phenoxy) is 2. The topological polar surface area (TPSA) is 30.5 Å². The zero-order valence-corrected chi connectivity index (χ0v) is 14.1. The van der Waals surface area contributed by atoms with Crippen LogP contribution in [0.3, 0.4) is 0 Å². The van der Waals surface area contributed by atoms with Crippen molar-refractivity contribution in [3.63, 3.8) is 0 Å². The zero-order chi connectivity index (χ0) is 15.5. The number of rotatable bonds is 11. The van der Waals surface area contributed by atoms with E-state index in [-0.39, 0.29) is 0 Å². The molecule has 0 amide bonds. The van der Waals surface area contributed by atoms with E-state index in [0.717, 1.165) is 32.4 Å². The lowest BCUT2D eigenvalue weighted by molar-refractivity contribution is 0.0658. The molecule has 1 unspecified atom stereocenters. The van der Waals surface area contributed by atoms with Gasteiger partial charge in [0.1, 0.15) is 0 Å². The first-order chi connectivity index (χ1) is 10.2. The molecule has 0 aromatic heterocycles. The summed E-state index contributed by atoms with van der Waals surface area (Å²) in [6.07, 6.45) is 3.27. The Morgan fingerprint density at radius 2 is 1.95 bits per heavy atom. The van der Waals surface area contributed by atoms with E-state index in [1.165, 1.54) is 16.7 Å². The third-order valence-electron chi connectivity index (χ3n) is 3.70. The monoisotopic (exact) mass is 293 g/mol. The van der Waals surface area contributed by atoms with Crippen LogP contribution in [-0.4, -0.2) is 39.5 Å². The molecule has 21 heavy (non-hydrogen) atoms. The largest absolute Gasteiger partial charge is 0.382 e. The number of methoxy groups -OCH3 is 1. The minimum atomic E-state index is 0.480. The van der Waals surface area contributed by atoms with Crippen LogP contribution in [0.5, 0.6) is 0 Å². The van der Waals surface area contributed by atoms with Gasteiger partial charge in [-0.3, -0.25) is 0 Å². The molecule has 0 aliphatic heterocycles. The van der Waals surface area contributed by atoms with Crippen molar-refractivity contribution in [3.8, 4) is 0 Å². The molecular formula is C18H31NO2. The van der Waals surface area contributed by atoms with Crippen LogP contribution in [0.1, 0.15) is 36.5 Å². The van der Waals surface area contributed by atoms with E-state index in [1.807, 2.05) is 0 Å². The molecule has 0 fully saturated rings. The fraction of sp³-hybridized carbons (Fsp3) is 0.667. The summed E-state index contributed by atoms with van der Waals surface area (Å²) in [4.78, 5) is 0. The van der Waals surface area contributed by atoms with Crippen molar-refractivity contribution in [2.75, 3.05) is 33.5 Å².